The number of nitriles is 1. The molecule has 1 unspecified atom stereocenters. The van der Waals surface area contributed by atoms with E-state index in [1.807, 2.05) is 25.1 Å². The quantitative estimate of drug-likeness (QED) is 0.822. The fourth-order valence-corrected chi connectivity index (χ4v) is 1.97. The predicted octanol–water partition coefficient (Wildman–Crippen LogP) is 1.27. The zero-order valence-electron chi connectivity index (χ0n) is 9.99. The van der Waals surface area contributed by atoms with Crippen molar-refractivity contribution in [3.05, 3.63) is 29.3 Å². The van der Waals surface area contributed by atoms with E-state index in [-0.39, 0.29) is 0 Å². The smallest absolute Gasteiger partial charge is 0.101 e. The van der Waals surface area contributed by atoms with Crippen molar-refractivity contribution >= 4 is 5.69 Å². The average molecular weight is 231 g/mol. The molecule has 1 saturated heterocycles. The van der Waals surface area contributed by atoms with Gasteiger partial charge in [-0.15, -0.1) is 0 Å². The van der Waals surface area contributed by atoms with Crippen LogP contribution in [0.25, 0.3) is 0 Å². The summed E-state index contributed by atoms with van der Waals surface area (Å²) in [6.07, 6.45) is 0. The molecular weight excluding hydrogens is 214 g/mol. The molecular formula is C13H17N3O. The number of benzene rings is 1. The molecule has 0 amide bonds. The van der Waals surface area contributed by atoms with Gasteiger partial charge in [0, 0.05) is 19.1 Å². The third kappa shape index (κ3) is 2.96. The number of anilines is 1. The third-order valence-corrected chi connectivity index (χ3v) is 2.92. The molecule has 4 nitrogen and oxygen atoms in total. The number of para-hydroxylation sites is 1. The van der Waals surface area contributed by atoms with Crippen LogP contribution in [-0.2, 0) is 4.74 Å². The number of ether oxygens (including phenoxy) is 1. The normalized spacial score (nSPS) is 19.6. The summed E-state index contributed by atoms with van der Waals surface area (Å²) >= 11 is 0. The van der Waals surface area contributed by atoms with Crippen molar-refractivity contribution < 1.29 is 4.74 Å². The Morgan fingerprint density at radius 2 is 2.47 bits per heavy atom. The highest BCUT2D eigenvalue weighted by atomic mass is 16.5. The lowest BCUT2D eigenvalue weighted by Gasteiger charge is -2.25. The lowest BCUT2D eigenvalue weighted by atomic mass is 10.1. The summed E-state index contributed by atoms with van der Waals surface area (Å²) in [4.78, 5) is 0. The lowest BCUT2D eigenvalue weighted by Crippen LogP contribution is -2.45. The predicted molar refractivity (Wildman–Crippen MR) is 67.0 cm³/mol. The summed E-state index contributed by atoms with van der Waals surface area (Å²) in [6, 6.07) is 8.27. The van der Waals surface area contributed by atoms with Crippen molar-refractivity contribution in [1.82, 2.24) is 5.32 Å². The Balaban J connectivity index is 2.00. The molecule has 17 heavy (non-hydrogen) atoms. The molecule has 2 rings (SSSR count). The Kier molecular flexibility index (Phi) is 3.97. The minimum atomic E-state index is 0.315. The van der Waals surface area contributed by atoms with Crippen LogP contribution in [0.3, 0.4) is 0 Å². The summed E-state index contributed by atoms with van der Waals surface area (Å²) in [7, 11) is 0. The first kappa shape index (κ1) is 11.9. The first-order valence-electron chi connectivity index (χ1n) is 5.86. The Labute approximate surface area is 102 Å². The minimum absolute atomic E-state index is 0.315. The molecule has 4 heteroatoms. The van der Waals surface area contributed by atoms with Gasteiger partial charge >= 0.3 is 0 Å². The van der Waals surface area contributed by atoms with E-state index in [0.29, 0.717) is 11.6 Å². The number of nitrogens with zero attached hydrogens (tertiary/aromatic N) is 1. The van der Waals surface area contributed by atoms with Gasteiger partial charge in [0.05, 0.1) is 24.5 Å². The molecule has 0 spiro atoms. The van der Waals surface area contributed by atoms with Crippen LogP contribution in [-0.4, -0.2) is 32.3 Å². The average Bonchev–Trinajstić information content (AvgIpc) is 2.38. The van der Waals surface area contributed by atoms with E-state index in [0.717, 1.165) is 37.6 Å². The Morgan fingerprint density at radius 3 is 3.18 bits per heavy atom. The number of aryl methyl sites for hydroxylation is 1. The minimum Gasteiger partial charge on any atom is -0.382 e. The van der Waals surface area contributed by atoms with Gasteiger partial charge in [0.15, 0.2) is 0 Å². The topological polar surface area (TPSA) is 57.1 Å². The highest BCUT2D eigenvalue weighted by Crippen LogP contribution is 2.19. The Hall–Kier alpha value is -1.57. The second kappa shape index (κ2) is 5.67. The summed E-state index contributed by atoms with van der Waals surface area (Å²) < 4.78 is 5.39. The van der Waals surface area contributed by atoms with E-state index in [4.69, 9.17) is 10.00 Å². The van der Waals surface area contributed by atoms with Gasteiger partial charge in [0.2, 0.25) is 0 Å². The number of morpholine rings is 1. The van der Waals surface area contributed by atoms with Gasteiger partial charge in [-0.2, -0.15) is 5.26 Å². The van der Waals surface area contributed by atoms with Crippen LogP contribution in [0.4, 0.5) is 5.69 Å². The zero-order valence-corrected chi connectivity index (χ0v) is 9.99. The van der Waals surface area contributed by atoms with Gasteiger partial charge in [0.25, 0.3) is 0 Å². The fraction of sp³-hybridized carbons (Fsp3) is 0.462. The van der Waals surface area contributed by atoms with Crippen LogP contribution in [0.2, 0.25) is 0 Å². The lowest BCUT2D eigenvalue weighted by molar-refractivity contribution is 0.0806. The third-order valence-electron chi connectivity index (χ3n) is 2.92. The SMILES string of the molecule is Cc1cccc(C#N)c1NCC1COCCN1. The van der Waals surface area contributed by atoms with Gasteiger partial charge in [-0.1, -0.05) is 12.1 Å². The van der Waals surface area contributed by atoms with E-state index >= 15 is 0 Å². The molecule has 90 valence electrons. The molecule has 1 atom stereocenters. The Bertz CT molecular complexity index is 419. The number of hydrogen-bond donors (Lipinski definition) is 2. The van der Waals surface area contributed by atoms with Crippen molar-refractivity contribution in [2.45, 2.75) is 13.0 Å². The highest BCUT2D eigenvalue weighted by Gasteiger charge is 2.13. The number of rotatable bonds is 3. The largest absolute Gasteiger partial charge is 0.382 e. The van der Waals surface area contributed by atoms with Crippen molar-refractivity contribution in [2.75, 3.05) is 31.6 Å². The zero-order chi connectivity index (χ0) is 12.1. The molecule has 1 aliphatic heterocycles. The number of hydrogen-bond acceptors (Lipinski definition) is 4. The summed E-state index contributed by atoms with van der Waals surface area (Å²) in [5.74, 6) is 0. The van der Waals surface area contributed by atoms with Crippen LogP contribution >= 0.6 is 0 Å². The maximum Gasteiger partial charge on any atom is 0.101 e. The molecule has 2 N–H and O–H groups in total. The molecule has 0 radical (unpaired) electrons. The molecule has 1 aromatic rings. The summed E-state index contributed by atoms with van der Waals surface area (Å²) in [5.41, 5.74) is 2.73. The highest BCUT2D eigenvalue weighted by molar-refractivity contribution is 5.62. The van der Waals surface area contributed by atoms with Crippen molar-refractivity contribution in [1.29, 1.82) is 5.26 Å². The van der Waals surface area contributed by atoms with Crippen LogP contribution in [0.1, 0.15) is 11.1 Å². The van der Waals surface area contributed by atoms with Gasteiger partial charge < -0.3 is 15.4 Å². The maximum atomic E-state index is 9.05. The second-order valence-electron chi connectivity index (χ2n) is 4.22. The van der Waals surface area contributed by atoms with Crippen LogP contribution in [0.5, 0.6) is 0 Å². The monoisotopic (exact) mass is 231 g/mol. The Morgan fingerprint density at radius 1 is 1.59 bits per heavy atom. The molecule has 0 saturated carbocycles. The standard InChI is InChI=1S/C13H17N3O/c1-10-3-2-4-11(7-14)13(10)16-8-12-9-17-6-5-15-12/h2-4,12,15-16H,5-6,8-9H2,1H3. The van der Waals surface area contributed by atoms with E-state index in [1.165, 1.54) is 0 Å². The van der Waals surface area contributed by atoms with E-state index in [2.05, 4.69) is 16.7 Å². The van der Waals surface area contributed by atoms with Crippen LogP contribution < -0.4 is 10.6 Å². The van der Waals surface area contributed by atoms with Crippen molar-refractivity contribution in [3.63, 3.8) is 0 Å². The first-order chi connectivity index (χ1) is 8.31. The van der Waals surface area contributed by atoms with Gasteiger partial charge in [-0.3, -0.25) is 0 Å². The van der Waals surface area contributed by atoms with E-state index in [9.17, 15) is 0 Å². The molecule has 1 aromatic carbocycles. The molecule has 0 aromatic heterocycles. The van der Waals surface area contributed by atoms with Gasteiger partial charge in [-0.25, -0.2) is 0 Å². The van der Waals surface area contributed by atoms with Gasteiger partial charge in [-0.05, 0) is 18.6 Å². The second-order valence-corrected chi connectivity index (χ2v) is 4.22. The van der Waals surface area contributed by atoms with Crippen LogP contribution in [0.15, 0.2) is 18.2 Å². The van der Waals surface area contributed by atoms with E-state index < -0.39 is 0 Å². The molecule has 0 aliphatic carbocycles. The van der Waals surface area contributed by atoms with Crippen molar-refractivity contribution in [2.24, 2.45) is 0 Å². The number of nitrogens with one attached hydrogen (secondary N) is 2. The molecule has 1 heterocycles. The maximum absolute atomic E-state index is 9.05. The molecule has 1 fully saturated rings. The van der Waals surface area contributed by atoms with Crippen LogP contribution in [0, 0.1) is 18.3 Å². The summed E-state index contributed by atoms with van der Waals surface area (Å²) in [5, 5.41) is 15.8. The van der Waals surface area contributed by atoms with Gasteiger partial charge in [0.1, 0.15) is 6.07 Å². The summed E-state index contributed by atoms with van der Waals surface area (Å²) in [6.45, 7) is 5.18. The van der Waals surface area contributed by atoms with E-state index in [1.54, 1.807) is 0 Å². The molecule has 0 bridgehead atoms. The fourth-order valence-electron chi connectivity index (χ4n) is 1.97. The molecule has 1 aliphatic rings. The first-order valence-corrected chi connectivity index (χ1v) is 5.86. The van der Waals surface area contributed by atoms with Crippen molar-refractivity contribution in [3.8, 4) is 6.07 Å².